The van der Waals surface area contributed by atoms with Gasteiger partial charge in [-0.25, -0.2) is 4.70 Å². The summed E-state index contributed by atoms with van der Waals surface area (Å²) in [4.78, 5) is 0. The van der Waals surface area contributed by atoms with Crippen LogP contribution in [0.3, 0.4) is 0 Å². The number of benzene rings is 2. The van der Waals surface area contributed by atoms with Crippen LogP contribution in [-0.4, -0.2) is 4.70 Å². The van der Waals surface area contributed by atoms with Gasteiger partial charge in [-0.2, -0.15) is 12.8 Å². The van der Waals surface area contributed by atoms with E-state index in [-0.39, 0.29) is 16.5 Å². The normalized spacial score (nSPS) is 12.2. The molecule has 2 aromatic rings. The summed E-state index contributed by atoms with van der Waals surface area (Å²) < 4.78 is 1.52. The van der Waals surface area contributed by atoms with Gasteiger partial charge < -0.3 is 19.4 Å². The summed E-state index contributed by atoms with van der Waals surface area (Å²) in [7, 11) is 0. The first-order chi connectivity index (χ1) is 38.9. The zero-order valence-corrected chi connectivity index (χ0v) is 55.7. The number of allylic oxidation sites excluding steroid dienone is 2. The smallest absolute Gasteiger partial charge is 0.493 e. The first-order valence-corrected chi connectivity index (χ1v) is 35.6. The minimum atomic E-state index is 0. The van der Waals surface area contributed by atoms with Crippen molar-refractivity contribution in [3.05, 3.63) is 101 Å². The average molecular weight is 1150 g/mol. The van der Waals surface area contributed by atoms with Crippen molar-refractivity contribution in [1.29, 1.82) is 0 Å². The van der Waals surface area contributed by atoms with Crippen LogP contribution in [0.5, 0.6) is 0 Å². The van der Waals surface area contributed by atoms with Crippen molar-refractivity contribution in [1.82, 2.24) is 0 Å². The molecule has 1 aliphatic heterocycles. The van der Waals surface area contributed by atoms with Gasteiger partial charge in [0.05, 0.1) is 0 Å². The average Bonchev–Trinajstić information content (AvgIpc) is 3.88. The molecule has 0 atom stereocenters. The van der Waals surface area contributed by atoms with Crippen LogP contribution in [0.2, 0.25) is 0 Å². The van der Waals surface area contributed by atoms with Crippen LogP contribution in [0.15, 0.2) is 59.7 Å². The molecule has 0 saturated heterocycles. The molecule has 0 bridgehead atoms. The van der Waals surface area contributed by atoms with Crippen LogP contribution < -0.4 is 0 Å². The Hall–Kier alpha value is -1.99. The standard InChI is InChI=1S/C31H42N2.2C23H47.Ni/c1-5-8-11-12-21-29-28(20-10-7-3)30(26-18-13-15-24(4)22-26)33(32)31(29)27-19-14-17-25(23-27)16-9-6-2;2*1-3-5-7-9-11-13-15-17-19-21-23-22-20-18-16-14-12-10-8-6-4-2;/h13-15,17-19,22-23H,5-12,16,20-21H2,1-4H3;2*1,3-23H2,2H3;/q;2*-1;+2. The van der Waals surface area contributed by atoms with E-state index in [2.05, 4.69) is 104 Å². The minimum absolute atomic E-state index is 0. The SMILES string of the molecule is CCCCCCC1=C(c2cccc(CCCC)c2)[N+](=[N-])C(c2cccc(C)c2)=C1CCCC.[CH2-]CCCCCCCCCCCCCCCCCCCCCC.[CH2-]CCCCCCCCCCCCCCCCCCCCCC.[Ni+2]. The van der Waals surface area contributed by atoms with Gasteiger partial charge in [0, 0.05) is 22.3 Å². The van der Waals surface area contributed by atoms with Crippen molar-refractivity contribution in [2.75, 3.05) is 0 Å². The summed E-state index contributed by atoms with van der Waals surface area (Å²) in [5.41, 5.74) is 21.2. The molecule has 0 N–H and O–H groups in total. The quantitative estimate of drug-likeness (QED) is 0.0273. The van der Waals surface area contributed by atoms with Gasteiger partial charge in [0.2, 0.25) is 11.4 Å². The van der Waals surface area contributed by atoms with Crippen LogP contribution in [-0.2, 0) is 22.9 Å². The molecule has 2 aromatic carbocycles. The van der Waals surface area contributed by atoms with Gasteiger partial charge in [-0.15, -0.1) is 0 Å². The van der Waals surface area contributed by atoms with Crippen molar-refractivity contribution in [3.63, 3.8) is 0 Å². The monoisotopic (exact) mass is 1150 g/mol. The number of nitrogens with zero attached hydrogens (tertiary/aromatic N) is 2. The van der Waals surface area contributed by atoms with Gasteiger partial charge in [0.15, 0.2) is 0 Å². The van der Waals surface area contributed by atoms with Crippen LogP contribution in [0.25, 0.3) is 16.9 Å². The van der Waals surface area contributed by atoms with Crippen molar-refractivity contribution in [2.24, 2.45) is 0 Å². The number of hydrogen-bond acceptors (Lipinski definition) is 0. The Balaban J connectivity index is 0.00000120. The molecular formula is C77H136N2Ni. The molecular weight excluding hydrogens is 1010 g/mol. The van der Waals surface area contributed by atoms with Crippen LogP contribution >= 0.6 is 0 Å². The third kappa shape index (κ3) is 42.8. The number of aryl methyl sites for hydroxylation is 2. The maximum atomic E-state index is 11.7. The maximum absolute atomic E-state index is 11.7. The molecule has 0 spiro atoms. The van der Waals surface area contributed by atoms with Gasteiger partial charge in [-0.05, 0) is 75.3 Å². The second-order valence-corrected chi connectivity index (χ2v) is 24.7. The van der Waals surface area contributed by atoms with E-state index in [4.69, 9.17) is 0 Å². The molecule has 0 aliphatic carbocycles. The second-order valence-electron chi connectivity index (χ2n) is 24.7. The van der Waals surface area contributed by atoms with E-state index in [0.29, 0.717) is 0 Å². The Morgan fingerprint density at radius 2 is 0.575 bits per heavy atom. The molecule has 0 fully saturated rings. The first-order valence-electron chi connectivity index (χ1n) is 35.6. The van der Waals surface area contributed by atoms with Gasteiger partial charge in [-0.3, -0.25) is 0 Å². The van der Waals surface area contributed by atoms with Crippen LogP contribution in [0, 0.1) is 20.8 Å². The number of unbranched alkanes of at least 4 members (excludes halogenated alkanes) is 45. The molecule has 3 heteroatoms. The van der Waals surface area contributed by atoms with E-state index < -0.39 is 0 Å². The molecule has 3 rings (SSSR count). The molecule has 0 radical (unpaired) electrons. The van der Waals surface area contributed by atoms with E-state index in [1.165, 1.54) is 322 Å². The summed E-state index contributed by atoms with van der Waals surface area (Å²) in [5.74, 6) is 0. The van der Waals surface area contributed by atoms with Crippen molar-refractivity contribution >= 4 is 11.4 Å². The topological polar surface area (TPSA) is 25.3 Å². The molecule has 0 aromatic heterocycles. The van der Waals surface area contributed by atoms with Crippen molar-refractivity contribution < 1.29 is 21.2 Å². The van der Waals surface area contributed by atoms with Gasteiger partial charge in [0.1, 0.15) is 0 Å². The zero-order chi connectivity index (χ0) is 57.3. The third-order valence-electron chi connectivity index (χ3n) is 16.9. The largest absolute Gasteiger partial charge is 2.00 e. The Morgan fingerprint density at radius 1 is 0.312 bits per heavy atom. The van der Waals surface area contributed by atoms with Gasteiger partial charge in [0.25, 0.3) is 0 Å². The fraction of sp³-hybridized carbons (Fsp3) is 0.766. The fourth-order valence-electron chi connectivity index (χ4n) is 11.8. The maximum Gasteiger partial charge on any atom is 2.00 e. The molecule has 464 valence electrons. The summed E-state index contributed by atoms with van der Waals surface area (Å²) in [6, 6.07) is 17.5. The number of hydrogen-bond donors (Lipinski definition) is 0. The predicted octanol–water partition coefficient (Wildman–Crippen LogP) is 27.7. The summed E-state index contributed by atoms with van der Waals surface area (Å²) in [6.07, 6.45) is 73.4. The Labute approximate surface area is 512 Å². The molecule has 0 unspecified atom stereocenters. The van der Waals surface area contributed by atoms with E-state index >= 15 is 0 Å². The molecule has 1 heterocycles. The summed E-state index contributed by atoms with van der Waals surface area (Å²) >= 11 is 0. The molecule has 0 amide bonds. The Kier molecular flexibility index (Phi) is 58.7. The summed E-state index contributed by atoms with van der Waals surface area (Å²) in [5, 5.41) is 0. The van der Waals surface area contributed by atoms with Crippen molar-refractivity contribution in [2.45, 2.75) is 382 Å². The Morgan fingerprint density at radius 3 is 0.887 bits per heavy atom. The summed E-state index contributed by atoms with van der Waals surface area (Å²) in [6.45, 7) is 21.3. The molecule has 2 nitrogen and oxygen atoms in total. The minimum Gasteiger partial charge on any atom is -0.493 e. The van der Waals surface area contributed by atoms with Crippen LogP contribution in [0.1, 0.15) is 391 Å². The molecule has 1 aliphatic rings. The number of rotatable bonds is 53. The van der Waals surface area contributed by atoms with Gasteiger partial charge >= 0.3 is 16.5 Å². The Bertz CT molecular complexity index is 1620. The predicted molar refractivity (Wildman–Crippen MR) is 358 cm³/mol. The molecule has 0 saturated carbocycles. The first kappa shape index (κ1) is 78.0. The fourth-order valence-corrected chi connectivity index (χ4v) is 11.8. The van der Waals surface area contributed by atoms with E-state index in [0.717, 1.165) is 67.5 Å². The van der Waals surface area contributed by atoms with E-state index in [9.17, 15) is 5.53 Å². The van der Waals surface area contributed by atoms with Gasteiger partial charge in [-0.1, -0.05) is 353 Å². The van der Waals surface area contributed by atoms with E-state index in [1.807, 2.05) is 0 Å². The van der Waals surface area contributed by atoms with E-state index in [1.54, 1.807) is 0 Å². The van der Waals surface area contributed by atoms with Crippen molar-refractivity contribution in [3.8, 4) is 0 Å². The third-order valence-corrected chi connectivity index (χ3v) is 16.9. The molecule has 80 heavy (non-hydrogen) atoms. The zero-order valence-electron chi connectivity index (χ0n) is 54.7. The second kappa shape index (κ2) is 60.1. The van der Waals surface area contributed by atoms with Crippen LogP contribution in [0.4, 0.5) is 0 Å².